The third kappa shape index (κ3) is 157. The Kier molecular flexibility index (Phi) is 936. The topological polar surface area (TPSA) is 219 Å². The van der Waals surface area contributed by atoms with Gasteiger partial charge < -0.3 is 32.7 Å². The Labute approximate surface area is 78.9 Å². The first-order valence-electron chi connectivity index (χ1n) is 1.98. The van der Waals surface area contributed by atoms with Crippen molar-refractivity contribution < 1.29 is 39.6 Å². The molecular weight excluding hydrogens is 204 g/mol. The molecular formula is C4H14N2O8. The van der Waals surface area contributed by atoms with E-state index in [1.807, 2.05) is 0 Å². The van der Waals surface area contributed by atoms with Gasteiger partial charge in [-0.15, -0.1) is 0 Å². The lowest BCUT2D eigenvalue weighted by atomic mass is 11.7. The highest BCUT2D eigenvalue weighted by atomic mass is 16.4. The van der Waals surface area contributed by atoms with E-state index < -0.39 is 0 Å². The Balaban J connectivity index is -0.0000000145. The van der Waals surface area contributed by atoms with Gasteiger partial charge in [0.25, 0.3) is 25.9 Å². The van der Waals surface area contributed by atoms with Gasteiger partial charge >= 0.3 is 0 Å². The summed E-state index contributed by atoms with van der Waals surface area (Å²) in [5.74, 6) is 0. The lowest BCUT2D eigenvalue weighted by Crippen LogP contribution is -1.49. The van der Waals surface area contributed by atoms with Crippen molar-refractivity contribution >= 4 is 25.9 Å². The van der Waals surface area contributed by atoms with E-state index >= 15 is 0 Å². The quantitative estimate of drug-likeness (QED) is 0.275. The predicted octanol–water partition coefficient (Wildman–Crippen LogP) is -0.873. The van der Waals surface area contributed by atoms with E-state index in [1.54, 1.807) is 0 Å². The number of hydrogen-bond acceptors (Lipinski definition) is 6. The van der Waals surface area contributed by atoms with Crippen LogP contribution >= 0.6 is 0 Å². The third-order valence-corrected chi connectivity index (χ3v) is 0. The molecule has 0 radical (unpaired) electrons. The zero-order valence-electron chi connectivity index (χ0n) is 7.15. The van der Waals surface area contributed by atoms with E-state index in [0.717, 1.165) is 0 Å². The second kappa shape index (κ2) is 320. The van der Waals surface area contributed by atoms with E-state index in [1.165, 1.54) is 0 Å². The lowest BCUT2D eigenvalue weighted by molar-refractivity contribution is -0.123. The van der Waals surface area contributed by atoms with Gasteiger partial charge in [-0.2, -0.15) is 0 Å². The molecule has 0 aliphatic carbocycles. The highest BCUT2D eigenvalue weighted by Gasteiger charge is 1.23. The van der Waals surface area contributed by atoms with Crippen molar-refractivity contribution in [3.05, 3.63) is 0 Å². The molecule has 0 aromatic rings. The van der Waals surface area contributed by atoms with Crippen LogP contribution in [0.15, 0.2) is 0 Å². The van der Waals surface area contributed by atoms with Gasteiger partial charge in [0.15, 0.2) is 0 Å². The molecule has 0 fully saturated rings. The molecule has 0 bridgehead atoms. The maximum atomic E-state index is 8.36. The fourth-order valence-electron chi connectivity index (χ4n) is 0. The maximum Gasteiger partial charge on any atom is 0.290 e. The van der Waals surface area contributed by atoms with Crippen molar-refractivity contribution in [1.82, 2.24) is 12.3 Å². The average Bonchev–Trinajstić information content (AvgIpc) is 1.92. The van der Waals surface area contributed by atoms with E-state index in [-0.39, 0.29) is 38.2 Å². The normalized spacial score (nSPS) is 3.43. The van der Waals surface area contributed by atoms with Crippen molar-refractivity contribution in [3.63, 3.8) is 0 Å². The summed E-state index contributed by atoms with van der Waals surface area (Å²) in [6.07, 6.45) is 0. The van der Waals surface area contributed by atoms with E-state index in [4.69, 9.17) is 39.6 Å². The molecule has 10 heteroatoms. The largest absolute Gasteiger partial charge is 0.483 e. The van der Waals surface area contributed by atoms with Crippen LogP contribution in [0.25, 0.3) is 0 Å². The summed E-state index contributed by atoms with van der Waals surface area (Å²) in [4.78, 5) is 33.4. The van der Waals surface area contributed by atoms with Crippen LogP contribution in [0.3, 0.4) is 0 Å². The molecule has 0 atom stereocenters. The Bertz CT molecular complexity index is 73.3. The first-order chi connectivity index (χ1) is 5.66. The second-order valence-electron chi connectivity index (χ2n) is 0.422. The van der Waals surface area contributed by atoms with Crippen molar-refractivity contribution in [2.75, 3.05) is 0 Å². The molecule has 0 heterocycles. The van der Waals surface area contributed by atoms with Crippen LogP contribution < -0.4 is 12.3 Å². The highest BCUT2D eigenvalue weighted by Crippen LogP contribution is 0.975. The van der Waals surface area contributed by atoms with Gasteiger partial charge in [0, 0.05) is 0 Å². The van der Waals surface area contributed by atoms with Gasteiger partial charge in [0.2, 0.25) is 0 Å². The highest BCUT2D eigenvalue weighted by molar-refractivity contribution is 5.33. The first kappa shape index (κ1) is 40.9. The van der Waals surface area contributed by atoms with Crippen LogP contribution in [0.2, 0.25) is 0 Å². The van der Waals surface area contributed by atoms with Crippen molar-refractivity contribution in [3.8, 4) is 0 Å². The molecule has 0 rings (SSSR count). The first-order valence-corrected chi connectivity index (χ1v) is 1.98. The zero-order chi connectivity index (χ0) is 10.8. The van der Waals surface area contributed by atoms with Crippen LogP contribution in [-0.4, -0.2) is 46.3 Å². The van der Waals surface area contributed by atoms with E-state index in [2.05, 4.69) is 0 Å². The molecule has 0 aliphatic rings. The van der Waals surface area contributed by atoms with Crippen molar-refractivity contribution in [1.29, 1.82) is 0 Å². The summed E-state index contributed by atoms with van der Waals surface area (Å²) in [5.41, 5.74) is 0. The standard InChI is InChI=1S/4CH2O2.2H3N/c4*2-1-3;;/h4*1H,(H,2,3);2*1H3. The van der Waals surface area contributed by atoms with Gasteiger partial charge in [-0.05, 0) is 0 Å². The Morgan fingerprint density at radius 2 is 0.500 bits per heavy atom. The monoisotopic (exact) mass is 218 g/mol. The molecule has 0 unspecified atom stereocenters. The van der Waals surface area contributed by atoms with Crippen LogP contribution in [0.4, 0.5) is 0 Å². The lowest BCUT2D eigenvalue weighted by Gasteiger charge is -1.34. The fraction of sp³-hybridized carbons (Fsp3) is 0. The van der Waals surface area contributed by atoms with E-state index in [9.17, 15) is 0 Å². The van der Waals surface area contributed by atoms with Gasteiger partial charge in [0.1, 0.15) is 0 Å². The fourth-order valence-corrected chi connectivity index (χ4v) is 0. The van der Waals surface area contributed by atoms with E-state index in [0.29, 0.717) is 0 Å². The number of carboxylic acid groups (broad SMARTS) is 4. The summed E-state index contributed by atoms with van der Waals surface area (Å²) < 4.78 is 0. The minimum atomic E-state index is -0.250. The smallest absolute Gasteiger partial charge is 0.290 e. The van der Waals surface area contributed by atoms with Crippen molar-refractivity contribution in [2.24, 2.45) is 0 Å². The molecule has 10 N–H and O–H groups in total. The average molecular weight is 218 g/mol. The van der Waals surface area contributed by atoms with Crippen LogP contribution in [-0.2, 0) is 19.2 Å². The molecule has 0 aromatic carbocycles. The number of rotatable bonds is 0. The zero-order valence-corrected chi connectivity index (χ0v) is 7.15. The SMILES string of the molecule is N.N.O=CO.O=CO.O=CO.O=CO. The van der Waals surface area contributed by atoms with Gasteiger partial charge in [-0.25, -0.2) is 0 Å². The Morgan fingerprint density at radius 3 is 0.500 bits per heavy atom. The molecule has 10 nitrogen and oxygen atoms in total. The minimum absolute atomic E-state index is 0. The van der Waals surface area contributed by atoms with Gasteiger partial charge in [-0.3, -0.25) is 19.2 Å². The number of hydrogen-bond donors (Lipinski definition) is 6. The molecule has 0 saturated carbocycles. The molecule has 0 spiro atoms. The summed E-state index contributed by atoms with van der Waals surface area (Å²) in [6, 6.07) is 0. The summed E-state index contributed by atoms with van der Waals surface area (Å²) >= 11 is 0. The molecule has 0 aromatic heterocycles. The molecule has 0 aliphatic heterocycles. The Hall–Kier alpha value is -2.20. The van der Waals surface area contributed by atoms with Crippen LogP contribution in [0, 0.1) is 0 Å². The maximum absolute atomic E-state index is 8.36. The molecule has 0 saturated heterocycles. The van der Waals surface area contributed by atoms with Gasteiger partial charge in [0.05, 0.1) is 0 Å². The minimum Gasteiger partial charge on any atom is -0.483 e. The molecule has 0 amide bonds. The second-order valence-corrected chi connectivity index (χ2v) is 0.422. The molecule has 88 valence electrons. The predicted molar refractivity (Wildman–Crippen MR) is 44.8 cm³/mol. The third-order valence-electron chi connectivity index (χ3n) is 0. The van der Waals surface area contributed by atoms with Crippen molar-refractivity contribution in [2.45, 2.75) is 0 Å². The summed E-state index contributed by atoms with van der Waals surface area (Å²) in [6.45, 7) is -1.00. The Morgan fingerprint density at radius 1 is 0.500 bits per heavy atom. The number of carbonyl (C=O) groups is 4. The summed E-state index contributed by atoms with van der Waals surface area (Å²) in [7, 11) is 0. The van der Waals surface area contributed by atoms with Crippen LogP contribution in [0.5, 0.6) is 0 Å². The molecule has 14 heavy (non-hydrogen) atoms. The van der Waals surface area contributed by atoms with Gasteiger partial charge in [-0.1, -0.05) is 0 Å². The summed E-state index contributed by atoms with van der Waals surface area (Å²) in [5, 5.41) is 27.6. The van der Waals surface area contributed by atoms with Crippen LogP contribution in [0.1, 0.15) is 0 Å².